The molecule has 124 valence electrons. The molecule has 0 aliphatic heterocycles. The molecule has 0 spiro atoms. The van der Waals surface area contributed by atoms with Crippen molar-refractivity contribution >= 4 is 22.8 Å². The third-order valence-electron chi connectivity index (χ3n) is 3.66. The lowest BCUT2D eigenvalue weighted by molar-refractivity contribution is 0.629. The lowest BCUT2D eigenvalue weighted by Gasteiger charge is -2.11. The van der Waals surface area contributed by atoms with Gasteiger partial charge in [-0.2, -0.15) is 0 Å². The molecule has 1 aromatic carbocycles. The molecule has 0 unspecified atom stereocenters. The first-order chi connectivity index (χ1) is 11.5. The summed E-state index contributed by atoms with van der Waals surface area (Å²) in [7, 11) is 2.94. The highest BCUT2D eigenvalue weighted by Crippen LogP contribution is 2.26. The van der Waals surface area contributed by atoms with Crippen LogP contribution in [0.1, 0.15) is 6.92 Å². The van der Waals surface area contributed by atoms with Gasteiger partial charge in [-0.15, -0.1) is 11.8 Å². The van der Waals surface area contributed by atoms with Crippen LogP contribution in [0.25, 0.3) is 22.4 Å². The summed E-state index contributed by atoms with van der Waals surface area (Å²) in [5.41, 5.74) is -0.514. The average Bonchev–Trinajstić information content (AvgIpc) is 2.58. The van der Waals surface area contributed by atoms with Crippen molar-refractivity contribution in [3.05, 3.63) is 50.9 Å². The maximum absolute atomic E-state index is 14.1. The van der Waals surface area contributed by atoms with E-state index >= 15 is 0 Å². The molecular formula is C16H15FN4O2S. The van der Waals surface area contributed by atoms with E-state index in [2.05, 4.69) is 9.97 Å². The van der Waals surface area contributed by atoms with Gasteiger partial charge in [0.25, 0.3) is 5.56 Å². The molecular weight excluding hydrogens is 331 g/mol. The number of aromatic nitrogens is 4. The van der Waals surface area contributed by atoms with Gasteiger partial charge in [0.1, 0.15) is 16.2 Å². The van der Waals surface area contributed by atoms with Crippen molar-refractivity contribution in [2.45, 2.75) is 11.9 Å². The number of nitrogens with zero attached hydrogens (tertiary/aromatic N) is 4. The van der Waals surface area contributed by atoms with E-state index in [4.69, 9.17) is 0 Å². The second-order valence-electron chi connectivity index (χ2n) is 5.17. The lowest BCUT2D eigenvalue weighted by Crippen LogP contribution is -2.37. The number of thioether (sulfide) groups is 1. The van der Waals surface area contributed by atoms with Crippen LogP contribution in [-0.2, 0) is 14.1 Å². The number of fused-ring (bicyclic) bond motifs is 1. The first-order valence-corrected chi connectivity index (χ1v) is 8.29. The topological polar surface area (TPSA) is 69.8 Å². The molecule has 2 heterocycles. The Hall–Kier alpha value is -2.48. The van der Waals surface area contributed by atoms with E-state index in [0.717, 1.165) is 4.57 Å². The van der Waals surface area contributed by atoms with Crippen molar-refractivity contribution in [3.63, 3.8) is 0 Å². The molecule has 3 rings (SSSR count). The van der Waals surface area contributed by atoms with Gasteiger partial charge in [-0.05, 0) is 17.9 Å². The Balaban J connectivity index is 2.47. The molecule has 0 aliphatic rings. The summed E-state index contributed by atoms with van der Waals surface area (Å²) in [4.78, 5) is 33.3. The molecule has 0 bridgehead atoms. The predicted octanol–water partition coefficient (Wildman–Crippen LogP) is 1.95. The molecule has 0 radical (unpaired) electrons. The quantitative estimate of drug-likeness (QED) is 0.535. The van der Waals surface area contributed by atoms with Gasteiger partial charge in [0.15, 0.2) is 11.5 Å². The average molecular weight is 346 g/mol. The van der Waals surface area contributed by atoms with Crippen LogP contribution in [0.2, 0.25) is 0 Å². The summed E-state index contributed by atoms with van der Waals surface area (Å²) in [6.45, 7) is 1.92. The van der Waals surface area contributed by atoms with Gasteiger partial charge < -0.3 is 0 Å². The monoisotopic (exact) mass is 346 g/mol. The Morgan fingerprint density at radius 3 is 2.50 bits per heavy atom. The van der Waals surface area contributed by atoms with Crippen LogP contribution in [0.15, 0.2) is 38.9 Å². The molecule has 0 saturated heterocycles. The van der Waals surface area contributed by atoms with Crippen molar-refractivity contribution in [3.8, 4) is 11.4 Å². The van der Waals surface area contributed by atoms with Crippen LogP contribution in [0.4, 0.5) is 4.39 Å². The molecule has 0 amide bonds. The number of hydrogen-bond acceptors (Lipinski definition) is 5. The van der Waals surface area contributed by atoms with E-state index < -0.39 is 17.1 Å². The second-order valence-corrected chi connectivity index (χ2v) is 6.42. The number of hydrogen-bond donors (Lipinski definition) is 0. The number of halogens is 1. The zero-order valence-corrected chi connectivity index (χ0v) is 14.2. The summed E-state index contributed by atoms with van der Waals surface area (Å²) in [6, 6.07) is 6.14. The highest BCUT2D eigenvalue weighted by Gasteiger charge is 2.18. The Labute approximate surface area is 141 Å². The van der Waals surface area contributed by atoms with Crippen LogP contribution in [0, 0.1) is 5.82 Å². The molecule has 24 heavy (non-hydrogen) atoms. The Morgan fingerprint density at radius 1 is 1.12 bits per heavy atom. The minimum Gasteiger partial charge on any atom is -0.280 e. The minimum absolute atomic E-state index is 0.153. The molecule has 6 nitrogen and oxygen atoms in total. The largest absolute Gasteiger partial charge is 0.332 e. The van der Waals surface area contributed by atoms with E-state index in [0.29, 0.717) is 10.8 Å². The maximum Gasteiger partial charge on any atom is 0.332 e. The third kappa shape index (κ3) is 2.52. The summed E-state index contributed by atoms with van der Waals surface area (Å²) >= 11 is 1.35. The van der Waals surface area contributed by atoms with Gasteiger partial charge in [0.05, 0.1) is 5.56 Å². The molecule has 0 atom stereocenters. The van der Waals surface area contributed by atoms with Gasteiger partial charge in [0.2, 0.25) is 0 Å². The highest BCUT2D eigenvalue weighted by atomic mass is 32.2. The highest BCUT2D eigenvalue weighted by molar-refractivity contribution is 7.99. The fourth-order valence-corrected chi connectivity index (χ4v) is 3.18. The van der Waals surface area contributed by atoms with Crippen molar-refractivity contribution in [1.82, 2.24) is 19.1 Å². The molecule has 0 N–H and O–H groups in total. The zero-order chi connectivity index (χ0) is 17.4. The fourth-order valence-electron chi connectivity index (χ4n) is 2.43. The first-order valence-electron chi connectivity index (χ1n) is 7.31. The summed E-state index contributed by atoms with van der Waals surface area (Å²) in [5, 5.41) is 0.712. The summed E-state index contributed by atoms with van der Waals surface area (Å²) in [6.07, 6.45) is 0. The van der Waals surface area contributed by atoms with Crippen LogP contribution >= 0.6 is 11.8 Å². The normalized spacial score (nSPS) is 11.2. The Kier molecular flexibility index (Phi) is 4.23. The molecule has 0 fully saturated rings. The molecule has 0 aliphatic carbocycles. The smallest absolute Gasteiger partial charge is 0.280 e. The van der Waals surface area contributed by atoms with Crippen molar-refractivity contribution in [2.75, 3.05) is 5.75 Å². The zero-order valence-electron chi connectivity index (χ0n) is 13.4. The molecule has 2 aromatic heterocycles. The van der Waals surface area contributed by atoms with Crippen molar-refractivity contribution in [2.24, 2.45) is 14.1 Å². The van der Waals surface area contributed by atoms with Gasteiger partial charge in [-0.3, -0.25) is 13.9 Å². The fraction of sp³-hybridized carbons (Fsp3) is 0.250. The van der Waals surface area contributed by atoms with E-state index in [1.54, 1.807) is 18.2 Å². The van der Waals surface area contributed by atoms with Crippen LogP contribution in [-0.4, -0.2) is 24.9 Å². The Morgan fingerprint density at radius 2 is 1.83 bits per heavy atom. The van der Waals surface area contributed by atoms with E-state index in [1.807, 2.05) is 6.92 Å². The second kappa shape index (κ2) is 6.20. The standard InChI is InChI=1S/C16H15FN4O2S/c1-4-24-14-11-13(20(2)16(23)21(3)15(11)22)18-12(19-14)9-7-5-6-8-10(9)17/h5-8H,4H2,1-3H3. The van der Waals surface area contributed by atoms with Gasteiger partial charge >= 0.3 is 5.69 Å². The maximum atomic E-state index is 14.1. The lowest BCUT2D eigenvalue weighted by atomic mass is 10.2. The predicted molar refractivity (Wildman–Crippen MR) is 91.8 cm³/mol. The van der Waals surface area contributed by atoms with E-state index in [9.17, 15) is 14.0 Å². The van der Waals surface area contributed by atoms with Crippen molar-refractivity contribution in [1.29, 1.82) is 0 Å². The third-order valence-corrected chi connectivity index (χ3v) is 4.52. The number of rotatable bonds is 3. The SMILES string of the molecule is CCSc1nc(-c2ccccc2F)nc2c1c(=O)n(C)c(=O)n2C. The first kappa shape index (κ1) is 16.4. The molecule has 3 aromatic rings. The van der Waals surface area contributed by atoms with Crippen LogP contribution in [0.3, 0.4) is 0 Å². The minimum atomic E-state index is -0.488. The van der Waals surface area contributed by atoms with E-state index in [-0.39, 0.29) is 22.4 Å². The molecule has 8 heteroatoms. The van der Waals surface area contributed by atoms with Gasteiger partial charge in [-0.1, -0.05) is 19.1 Å². The van der Waals surface area contributed by atoms with Crippen LogP contribution in [0.5, 0.6) is 0 Å². The Bertz CT molecular complexity index is 1060. The summed E-state index contributed by atoms with van der Waals surface area (Å²) in [5.74, 6) is 0.368. The number of aryl methyl sites for hydroxylation is 1. The van der Waals surface area contributed by atoms with Crippen LogP contribution < -0.4 is 11.2 Å². The van der Waals surface area contributed by atoms with Crippen molar-refractivity contribution < 1.29 is 4.39 Å². The summed E-state index contributed by atoms with van der Waals surface area (Å²) < 4.78 is 16.4. The van der Waals surface area contributed by atoms with Gasteiger partial charge in [0, 0.05) is 14.1 Å². The van der Waals surface area contributed by atoms with Gasteiger partial charge in [-0.25, -0.2) is 19.2 Å². The molecule has 0 saturated carbocycles. The van der Waals surface area contributed by atoms with E-state index in [1.165, 1.54) is 36.5 Å². The number of benzene rings is 1.